The Bertz CT molecular complexity index is 1010. The summed E-state index contributed by atoms with van der Waals surface area (Å²) >= 11 is 3.33. The molecule has 2 heterocycles. The number of thiazole rings is 1. The van der Waals surface area contributed by atoms with Crippen molar-refractivity contribution in [3.8, 4) is 0 Å². The van der Waals surface area contributed by atoms with Crippen LogP contribution in [-0.2, 0) is 28.7 Å². The molecular weight excluding hydrogens is 388 g/mol. The Morgan fingerprint density at radius 1 is 1.23 bits per heavy atom. The molecule has 0 fully saturated rings. The maximum atomic E-state index is 11.6. The molecule has 26 heavy (non-hydrogen) atoms. The van der Waals surface area contributed by atoms with E-state index in [9.17, 15) is 8.42 Å². The van der Waals surface area contributed by atoms with E-state index >= 15 is 0 Å². The summed E-state index contributed by atoms with van der Waals surface area (Å²) in [6, 6.07) is 4.87. The fraction of sp³-hybridized carbons (Fsp3) is 0.412. The highest BCUT2D eigenvalue weighted by Gasteiger charge is 2.15. The van der Waals surface area contributed by atoms with Crippen molar-refractivity contribution < 1.29 is 8.42 Å². The smallest absolute Gasteiger partial charge is 0.238 e. The summed E-state index contributed by atoms with van der Waals surface area (Å²) in [6.07, 6.45) is 3.08. The molecule has 0 saturated heterocycles. The summed E-state index contributed by atoms with van der Waals surface area (Å²) in [5.74, 6) is 0.745. The average Bonchev–Trinajstić information content (AvgIpc) is 3.17. The van der Waals surface area contributed by atoms with Crippen LogP contribution in [0.1, 0.15) is 37.4 Å². The minimum absolute atomic E-state index is 0.0893. The Morgan fingerprint density at radius 2 is 2.04 bits per heavy atom. The first-order valence-electron chi connectivity index (χ1n) is 8.51. The van der Waals surface area contributed by atoms with Crippen LogP contribution in [0.3, 0.4) is 0 Å². The van der Waals surface area contributed by atoms with Gasteiger partial charge in [0.2, 0.25) is 10.0 Å². The van der Waals surface area contributed by atoms with Crippen LogP contribution in [0, 0.1) is 0 Å². The summed E-state index contributed by atoms with van der Waals surface area (Å²) in [6.45, 7) is 5.08. The van der Waals surface area contributed by atoms with Crippen molar-refractivity contribution in [2.45, 2.75) is 55.5 Å². The highest BCUT2D eigenvalue weighted by molar-refractivity contribution is 7.98. The average molecular weight is 411 g/mol. The van der Waals surface area contributed by atoms with Crippen LogP contribution in [0.15, 0.2) is 33.6 Å². The first-order chi connectivity index (χ1) is 12.4. The molecule has 3 aromatic rings. The van der Waals surface area contributed by atoms with E-state index in [-0.39, 0.29) is 4.90 Å². The minimum atomic E-state index is -3.73. The maximum Gasteiger partial charge on any atom is 0.238 e. The Morgan fingerprint density at radius 3 is 2.73 bits per heavy atom. The number of benzene rings is 1. The second-order valence-electron chi connectivity index (χ2n) is 6.01. The lowest BCUT2D eigenvalue weighted by molar-refractivity contribution is 0.598. The number of rotatable bonds is 8. The first-order valence-corrected chi connectivity index (χ1v) is 11.9. The van der Waals surface area contributed by atoms with Gasteiger partial charge in [-0.1, -0.05) is 25.6 Å². The van der Waals surface area contributed by atoms with Crippen LogP contribution in [0.25, 0.3) is 11.0 Å². The zero-order valence-electron chi connectivity index (χ0n) is 14.8. The van der Waals surface area contributed by atoms with Crippen LogP contribution in [0.5, 0.6) is 0 Å². The first kappa shape index (κ1) is 19.3. The molecule has 1 aromatic carbocycles. The Balaban J connectivity index is 1.89. The summed E-state index contributed by atoms with van der Waals surface area (Å²) in [5.41, 5.74) is 2.63. The van der Waals surface area contributed by atoms with Crippen molar-refractivity contribution in [3.05, 3.63) is 34.3 Å². The predicted molar refractivity (Wildman–Crippen MR) is 107 cm³/mol. The number of hydrogen-bond donors (Lipinski definition) is 1. The van der Waals surface area contributed by atoms with Crippen LogP contribution in [0.2, 0.25) is 0 Å². The maximum absolute atomic E-state index is 11.6. The molecule has 0 bridgehead atoms. The fourth-order valence-corrected chi connectivity index (χ4v) is 5.17. The fourth-order valence-electron chi connectivity index (χ4n) is 2.70. The molecular formula is C17H22N4O2S3. The molecule has 140 valence electrons. The zero-order chi connectivity index (χ0) is 18.7. The van der Waals surface area contributed by atoms with Gasteiger partial charge < -0.3 is 4.57 Å². The zero-order valence-corrected chi connectivity index (χ0v) is 17.3. The number of aryl methyl sites for hydroxylation is 2. The van der Waals surface area contributed by atoms with Gasteiger partial charge in [-0.2, -0.15) is 0 Å². The van der Waals surface area contributed by atoms with E-state index in [0.29, 0.717) is 5.52 Å². The number of aromatic nitrogens is 3. The second-order valence-corrected chi connectivity index (χ2v) is 9.46. The standard InChI is InChI=1S/C17H22N4O2S3/c1-3-5-16-19-12(10-24-16)11-25-17-20-14-9-13(26(18,22)23)6-7-15(14)21(17)8-4-2/h6-7,9-10H,3-5,8,11H2,1-2H3,(H2,18,22,23). The lowest BCUT2D eigenvalue weighted by Gasteiger charge is -2.06. The lowest BCUT2D eigenvalue weighted by atomic mass is 10.3. The molecule has 3 rings (SSSR count). The third-order valence-electron chi connectivity index (χ3n) is 3.87. The molecule has 0 atom stereocenters. The molecule has 9 heteroatoms. The number of fused-ring (bicyclic) bond motifs is 1. The van der Waals surface area contributed by atoms with Gasteiger partial charge in [0.1, 0.15) is 0 Å². The van der Waals surface area contributed by atoms with Crippen molar-refractivity contribution in [2.75, 3.05) is 0 Å². The minimum Gasteiger partial charge on any atom is -0.319 e. The highest BCUT2D eigenvalue weighted by Crippen LogP contribution is 2.29. The van der Waals surface area contributed by atoms with Gasteiger partial charge in [0.15, 0.2) is 5.16 Å². The van der Waals surface area contributed by atoms with Crippen molar-refractivity contribution >= 4 is 44.2 Å². The van der Waals surface area contributed by atoms with Gasteiger partial charge >= 0.3 is 0 Å². The van der Waals surface area contributed by atoms with Crippen LogP contribution >= 0.6 is 23.1 Å². The molecule has 0 radical (unpaired) electrons. The molecule has 2 N–H and O–H groups in total. The Labute approximate surface area is 161 Å². The number of nitrogens with zero attached hydrogens (tertiary/aromatic N) is 3. The van der Waals surface area contributed by atoms with Gasteiger partial charge in [-0.15, -0.1) is 11.3 Å². The molecule has 0 aliphatic carbocycles. The topological polar surface area (TPSA) is 90.9 Å². The van der Waals surface area contributed by atoms with E-state index in [1.165, 1.54) is 11.1 Å². The molecule has 0 amide bonds. The number of imidazole rings is 1. The van der Waals surface area contributed by atoms with Gasteiger partial charge in [0, 0.05) is 17.7 Å². The van der Waals surface area contributed by atoms with Crippen molar-refractivity contribution in [3.63, 3.8) is 0 Å². The summed E-state index contributed by atoms with van der Waals surface area (Å²) in [5, 5.41) is 9.38. The predicted octanol–water partition coefficient (Wildman–Crippen LogP) is 3.80. The second kappa shape index (κ2) is 8.08. The number of sulfonamides is 1. The molecule has 0 aliphatic heterocycles. The van der Waals surface area contributed by atoms with Crippen LogP contribution < -0.4 is 5.14 Å². The largest absolute Gasteiger partial charge is 0.319 e. The summed E-state index contributed by atoms with van der Waals surface area (Å²) in [7, 11) is -3.73. The van der Waals surface area contributed by atoms with Crippen molar-refractivity contribution in [2.24, 2.45) is 5.14 Å². The summed E-state index contributed by atoms with van der Waals surface area (Å²) in [4.78, 5) is 9.39. The number of primary sulfonamides is 1. The molecule has 0 saturated carbocycles. The van der Waals surface area contributed by atoms with E-state index in [1.807, 2.05) is 0 Å². The van der Waals surface area contributed by atoms with Gasteiger partial charge in [-0.25, -0.2) is 23.5 Å². The van der Waals surface area contributed by atoms with Gasteiger partial charge in [0.25, 0.3) is 0 Å². The number of thioether (sulfide) groups is 1. The lowest BCUT2D eigenvalue weighted by Crippen LogP contribution is -2.11. The molecule has 2 aromatic heterocycles. The molecule has 6 nitrogen and oxygen atoms in total. The SMILES string of the molecule is CCCc1nc(CSc2nc3cc(S(N)(=O)=O)ccc3n2CCC)cs1. The molecule has 0 aliphatic rings. The highest BCUT2D eigenvalue weighted by atomic mass is 32.2. The van der Waals surface area contributed by atoms with Crippen LogP contribution in [0.4, 0.5) is 0 Å². The van der Waals surface area contributed by atoms with Crippen molar-refractivity contribution in [1.29, 1.82) is 0 Å². The van der Waals surface area contributed by atoms with E-state index in [2.05, 4.69) is 33.8 Å². The van der Waals surface area contributed by atoms with E-state index in [4.69, 9.17) is 5.14 Å². The Hall–Kier alpha value is -1.42. The normalized spacial score (nSPS) is 12.1. The third-order valence-corrected chi connectivity index (χ3v) is 6.75. The van der Waals surface area contributed by atoms with Gasteiger partial charge in [0.05, 0.1) is 26.6 Å². The van der Waals surface area contributed by atoms with E-state index < -0.39 is 10.0 Å². The monoisotopic (exact) mass is 410 g/mol. The Kier molecular flexibility index (Phi) is 6.01. The molecule has 0 unspecified atom stereocenters. The quantitative estimate of drug-likeness (QED) is 0.571. The van der Waals surface area contributed by atoms with E-state index in [1.54, 1.807) is 35.2 Å². The summed E-state index contributed by atoms with van der Waals surface area (Å²) < 4.78 is 25.3. The number of hydrogen-bond acceptors (Lipinski definition) is 6. The third kappa shape index (κ3) is 4.28. The van der Waals surface area contributed by atoms with E-state index in [0.717, 1.165) is 47.9 Å². The van der Waals surface area contributed by atoms with Gasteiger partial charge in [-0.05, 0) is 37.5 Å². The molecule has 0 spiro atoms. The van der Waals surface area contributed by atoms with Crippen LogP contribution in [-0.4, -0.2) is 23.0 Å². The van der Waals surface area contributed by atoms with Crippen molar-refractivity contribution in [1.82, 2.24) is 14.5 Å². The van der Waals surface area contributed by atoms with Gasteiger partial charge in [-0.3, -0.25) is 0 Å². The number of nitrogens with two attached hydrogens (primary N) is 1.